The summed E-state index contributed by atoms with van der Waals surface area (Å²) in [7, 11) is 0. The number of hydrogen-bond acceptors (Lipinski definition) is 2. The maximum absolute atomic E-state index is 5.82. The highest BCUT2D eigenvalue weighted by atomic mass is 16.5. The Balaban J connectivity index is 2.47. The molecule has 2 nitrogen and oxygen atoms in total. The number of hydrogen-bond donors (Lipinski definition) is 1. The molecule has 1 saturated heterocycles. The molecule has 2 heteroatoms. The van der Waals surface area contributed by atoms with E-state index in [1.165, 1.54) is 19.3 Å². The third kappa shape index (κ3) is 4.59. The summed E-state index contributed by atoms with van der Waals surface area (Å²) >= 11 is 0. The molecule has 1 aliphatic heterocycles. The van der Waals surface area contributed by atoms with Gasteiger partial charge in [-0.3, -0.25) is 0 Å². The van der Waals surface area contributed by atoms with Crippen molar-refractivity contribution in [1.29, 1.82) is 0 Å². The van der Waals surface area contributed by atoms with E-state index in [0.29, 0.717) is 11.5 Å². The van der Waals surface area contributed by atoms with Gasteiger partial charge < -0.3 is 10.1 Å². The minimum Gasteiger partial charge on any atom is -0.378 e. The van der Waals surface area contributed by atoms with Crippen LogP contribution in [0.4, 0.5) is 0 Å². The van der Waals surface area contributed by atoms with Crippen LogP contribution in [0.15, 0.2) is 0 Å². The number of nitrogens with one attached hydrogen (secondary N) is 1. The predicted molar refractivity (Wildman–Crippen MR) is 74.2 cm³/mol. The first kappa shape index (κ1) is 15.0. The van der Waals surface area contributed by atoms with Crippen LogP contribution < -0.4 is 5.32 Å². The maximum Gasteiger partial charge on any atom is 0.0616 e. The molecule has 0 amide bonds. The molecule has 17 heavy (non-hydrogen) atoms. The SMILES string of the molecule is CC(C)CCC1(CNCC(C)C)CCOC1C. The van der Waals surface area contributed by atoms with E-state index in [1.54, 1.807) is 0 Å². The van der Waals surface area contributed by atoms with Crippen molar-refractivity contribution < 1.29 is 4.74 Å². The summed E-state index contributed by atoms with van der Waals surface area (Å²) in [6, 6.07) is 0. The summed E-state index contributed by atoms with van der Waals surface area (Å²) < 4.78 is 5.82. The lowest BCUT2D eigenvalue weighted by Gasteiger charge is -2.33. The van der Waals surface area contributed by atoms with Gasteiger partial charge in [0.25, 0.3) is 0 Å². The molecule has 0 spiro atoms. The highest BCUT2D eigenvalue weighted by Gasteiger charge is 2.40. The normalized spacial score (nSPS) is 29.5. The van der Waals surface area contributed by atoms with Crippen molar-refractivity contribution in [3.8, 4) is 0 Å². The fraction of sp³-hybridized carbons (Fsp3) is 1.00. The quantitative estimate of drug-likeness (QED) is 0.737. The average molecular weight is 241 g/mol. The molecular weight excluding hydrogens is 210 g/mol. The Bertz CT molecular complexity index is 215. The smallest absolute Gasteiger partial charge is 0.0616 e. The molecule has 1 N–H and O–H groups in total. The molecule has 0 radical (unpaired) electrons. The Hall–Kier alpha value is -0.0800. The monoisotopic (exact) mass is 241 g/mol. The van der Waals surface area contributed by atoms with Gasteiger partial charge in [0.15, 0.2) is 0 Å². The highest BCUT2D eigenvalue weighted by molar-refractivity contribution is 4.91. The van der Waals surface area contributed by atoms with Crippen LogP contribution in [0.5, 0.6) is 0 Å². The molecule has 2 atom stereocenters. The lowest BCUT2D eigenvalue weighted by molar-refractivity contribution is 0.0552. The molecule has 1 rings (SSSR count). The van der Waals surface area contributed by atoms with Crippen LogP contribution in [0.1, 0.15) is 53.9 Å². The third-order valence-corrected chi connectivity index (χ3v) is 4.08. The zero-order chi connectivity index (χ0) is 12.9. The van der Waals surface area contributed by atoms with Gasteiger partial charge in [-0.25, -0.2) is 0 Å². The van der Waals surface area contributed by atoms with Crippen molar-refractivity contribution in [3.05, 3.63) is 0 Å². The van der Waals surface area contributed by atoms with Gasteiger partial charge in [0.2, 0.25) is 0 Å². The van der Waals surface area contributed by atoms with E-state index in [1.807, 2.05) is 0 Å². The van der Waals surface area contributed by atoms with Gasteiger partial charge in [0, 0.05) is 18.6 Å². The van der Waals surface area contributed by atoms with Gasteiger partial charge in [-0.2, -0.15) is 0 Å². The Morgan fingerprint density at radius 2 is 1.94 bits per heavy atom. The van der Waals surface area contributed by atoms with E-state index in [2.05, 4.69) is 39.9 Å². The van der Waals surface area contributed by atoms with Crippen LogP contribution in [0, 0.1) is 17.3 Å². The van der Waals surface area contributed by atoms with Crippen molar-refractivity contribution in [2.75, 3.05) is 19.7 Å². The number of rotatable bonds is 7. The van der Waals surface area contributed by atoms with Crippen LogP contribution in [0.3, 0.4) is 0 Å². The van der Waals surface area contributed by atoms with Crippen LogP contribution in [-0.4, -0.2) is 25.8 Å². The molecule has 0 aliphatic carbocycles. The largest absolute Gasteiger partial charge is 0.378 e. The summed E-state index contributed by atoms with van der Waals surface area (Å²) in [6.45, 7) is 14.6. The summed E-state index contributed by atoms with van der Waals surface area (Å²) in [6.07, 6.45) is 4.26. The molecule has 0 aromatic carbocycles. The van der Waals surface area contributed by atoms with Gasteiger partial charge in [-0.1, -0.05) is 34.1 Å². The maximum atomic E-state index is 5.82. The van der Waals surface area contributed by atoms with Gasteiger partial charge in [-0.05, 0) is 38.1 Å². The second-order valence-corrected chi connectivity index (χ2v) is 6.58. The minimum absolute atomic E-state index is 0.388. The van der Waals surface area contributed by atoms with Crippen LogP contribution in [0.2, 0.25) is 0 Å². The van der Waals surface area contributed by atoms with Crippen LogP contribution in [0.25, 0.3) is 0 Å². The Morgan fingerprint density at radius 3 is 2.41 bits per heavy atom. The predicted octanol–water partition coefficient (Wildman–Crippen LogP) is 3.46. The summed E-state index contributed by atoms with van der Waals surface area (Å²) in [5.41, 5.74) is 0.388. The van der Waals surface area contributed by atoms with Crippen molar-refractivity contribution in [2.24, 2.45) is 17.3 Å². The third-order valence-electron chi connectivity index (χ3n) is 4.08. The summed E-state index contributed by atoms with van der Waals surface area (Å²) in [4.78, 5) is 0. The highest BCUT2D eigenvalue weighted by Crippen LogP contribution is 2.39. The number of ether oxygens (including phenoxy) is 1. The molecule has 1 fully saturated rings. The first-order chi connectivity index (χ1) is 7.96. The van der Waals surface area contributed by atoms with Crippen molar-refractivity contribution in [1.82, 2.24) is 5.32 Å². The van der Waals surface area contributed by atoms with Crippen molar-refractivity contribution in [3.63, 3.8) is 0 Å². The Labute approximate surface area is 108 Å². The van der Waals surface area contributed by atoms with Crippen molar-refractivity contribution in [2.45, 2.75) is 60.0 Å². The molecule has 1 heterocycles. The van der Waals surface area contributed by atoms with E-state index in [9.17, 15) is 0 Å². The van der Waals surface area contributed by atoms with E-state index < -0.39 is 0 Å². The lowest BCUT2D eigenvalue weighted by atomic mass is 9.76. The van der Waals surface area contributed by atoms with Crippen molar-refractivity contribution >= 4 is 0 Å². The zero-order valence-electron chi connectivity index (χ0n) is 12.4. The second-order valence-electron chi connectivity index (χ2n) is 6.58. The molecule has 1 aliphatic rings. The first-order valence-corrected chi connectivity index (χ1v) is 7.28. The Kier molecular flexibility index (Phi) is 5.94. The van der Waals surface area contributed by atoms with E-state index in [0.717, 1.165) is 31.5 Å². The molecule has 0 aromatic rings. The first-order valence-electron chi connectivity index (χ1n) is 7.28. The zero-order valence-corrected chi connectivity index (χ0v) is 12.4. The lowest BCUT2D eigenvalue weighted by Crippen LogP contribution is -2.40. The van der Waals surface area contributed by atoms with E-state index in [-0.39, 0.29) is 0 Å². The second kappa shape index (κ2) is 6.75. The molecule has 0 aromatic heterocycles. The fourth-order valence-corrected chi connectivity index (χ4v) is 2.65. The molecule has 102 valence electrons. The Morgan fingerprint density at radius 1 is 1.24 bits per heavy atom. The molecular formula is C15H31NO. The van der Waals surface area contributed by atoms with E-state index in [4.69, 9.17) is 4.74 Å². The summed E-state index contributed by atoms with van der Waals surface area (Å²) in [5, 5.41) is 3.64. The van der Waals surface area contributed by atoms with Gasteiger partial charge in [0.05, 0.1) is 6.10 Å². The fourth-order valence-electron chi connectivity index (χ4n) is 2.65. The van der Waals surface area contributed by atoms with Crippen LogP contribution >= 0.6 is 0 Å². The topological polar surface area (TPSA) is 21.3 Å². The van der Waals surface area contributed by atoms with Gasteiger partial charge in [0.1, 0.15) is 0 Å². The van der Waals surface area contributed by atoms with Gasteiger partial charge >= 0.3 is 0 Å². The standard InChI is InChI=1S/C15H31NO/c1-12(2)6-7-15(8-9-17-14(15)5)11-16-10-13(3)4/h12-14,16H,6-11H2,1-5H3. The minimum atomic E-state index is 0.388. The van der Waals surface area contributed by atoms with Gasteiger partial charge in [-0.15, -0.1) is 0 Å². The molecule has 0 bridgehead atoms. The molecule has 2 unspecified atom stereocenters. The average Bonchev–Trinajstić information content (AvgIpc) is 2.58. The van der Waals surface area contributed by atoms with E-state index >= 15 is 0 Å². The van der Waals surface area contributed by atoms with Crippen LogP contribution in [-0.2, 0) is 4.74 Å². The summed E-state index contributed by atoms with van der Waals surface area (Å²) in [5.74, 6) is 1.53. The molecule has 0 saturated carbocycles.